The van der Waals surface area contributed by atoms with Gasteiger partial charge in [0.15, 0.2) is 0 Å². The first-order valence-corrected chi connectivity index (χ1v) is 13.5. The molecule has 0 aliphatic rings. The van der Waals surface area contributed by atoms with E-state index in [4.69, 9.17) is 4.98 Å². The molecule has 0 unspecified atom stereocenters. The van der Waals surface area contributed by atoms with Crippen molar-refractivity contribution in [2.24, 2.45) is 0 Å². The number of aromatic nitrogens is 1. The molecule has 2 heteroatoms. The van der Waals surface area contributed by atoms with Crippen LogP contribution in [0.15, 0.2) is 91.0 Å². The summed E-state index contributed by atoms with van der Waals surface area (Å²) in [6, 6.07) is 33.2. The summed E-state index contributed by atoms with van der Waals surface area (Å²) < 4.78 is 0. The summed E-state index contributed by atoms with van der Waals surface area (Å²) in [6.07, 6.45) is 7.11. The molecule has 36 heavy (non-hydrogen) atoms. The molecule has 0 spiro atoms. The summed E-state index contributed by atoms with van der Waals surface area (Å²) in [5.41, 5.74) is 6.34. The number of rotatable bonds is 10. The van der Waals surface area contributed by atoms with Gasteiger partial charge in [0, 0.05) is 12.1 Å². The molecule has 1 aromatic heterocycles. The predicted molar refractivity (Wildman–Crippen MR) is 156 cm³/mol. The summed E-state index contributed by atoms with van der Waals surface area (Å²) in [7, 11) is 0. The molecule has 4 aromatic carbocycles. The number of hydrogen-bond acceptors (Lipinski definition) is 2. The van der Waals surface area contributed by atoms with E-state index in [1.807, 2.05) is 0 Å². The van der Waals surface area contributed by atoms with E-state index >= 15 is 0 Å². The molecule has 1 N–H and O–H groups in total. The average Bonchev–Trinajstić information content (AvgIpc) is 2.93. The van der Waals surface area contributed by atoms with Crippen molar-refractivity contribution in [1.29, 1.82) is 0 Å². The molecule has 0 atom stereocenters. The Kier molecular flexibility index (Phi) is 7.61. The summed E-state index contributed by atoms with van der Waals surface area (Å²) in [5, 5.41) is 8.69. The molecule has 0 saturated heterocycles. The molecular weight excluding hydrogens is 436 g/mol. The van der Waals surface area contributed by atoms with Gasteiger partial charge in [0.05, 0.1) is 5.69 Å². The van der Waals surface area contributed by atoms with Gasteiger partial charge in [0.25, 0.3) is 0 Å². The van der Waals surface area contributed by atoms with Crippen LogP contribution in [0.25, 0.3) is 32.8 Å². The van der Waals surface area contributed by atoms with Gasteiger partial charge in [-0.1, -0.05) is 99.5 Å². The van der Waals surface area contributed by atoms with Crippen molar-refractivity contribution in [3.8, 4) is 11.3 Å². The molecule has 0 amide bonds. The van der Waals surface area contributed by atoms with Crippen LogP contribution < -0.4 is 5.32 Å². The summed E-state index contributed by atoms with van der Waals surface area (Å²) in [5.74, 6) is 0.906. The number of unbranched alkanes of at least 4 members (excludes halogenated alkanes) is 2. The van der Waals surface area contributed by atoms with E-state index in [1.165, 1.54) is 69.5 Å². The maximum atomic E-state index is 5.11. The minimum absolute atomic E-state index is 0.759. The number of pyridine rings is 1. The van der Waals surface area contributed by atoms with Gasteiger partial charge in [0.2, 0.25) is 0 Å². The lowest BCUT2D eigenvalue weighted by molar-refractivity contribution is 0.796. The fourth-order valence-electron chi connectivity index (χ4n) is 5.03. The number of fused-ring (bicyclic) bond motifs is 2. The van der Waals surface area contributed by atoms with E-state index in [9.17, 15) is 0 Å². The fourth-order valence-corrected chi connectivity index (χ4v) is 5.03. The molecule has 2 nitrogen and oxygen atoms in total. The van der Waals surface area contributed by atoms with E-state index in [0.717, 1.165) is 30.9 Å². The van der Waals surface area contributed by atoms with E-state index in [-0.39, 0.29) is 0 Å². The van der Waals surface area contributed by atoms with Crippen LogP contribution in [0.5, 0.6) is 0 Å². The maximum absolute atomic E-state index is 5.11. The first kappa shape index (κ1) is 24.1. The van der Waals surface area contributed by atoms with Crippen LogP contribution in [-0.4, -0.2) is 4.98 Å². The second-order valence-corrected chi connectivity index (χ2v) is 9.82. The van der Waals surface area contributed by atoms with Gasteiger partial charge in [-0.3, -0.25) is 0 Å². The largest absolute Gasteiger partial charge is 0.366 e. The Morgan fingerprint density at radius 3 is 2.14 bits per heavy atom. The van der Waals surface area contributed by atoms with Crippen molar-refractivity contribution in [1.82, 2.24) is 4.98 Å². The summed E-state index contributed by atoms with van der Waals surface area (Å²) in [4.78, 5) is 5.11. The number of nitrogens with one attached hydrogen (secondary N) is 1. The SMILES string of the molecule is CCCCc1ccc2c(-c3cccc(NCc4ccccc4)n3)c3cc(CCCC)ccc3cc2c1. The molecule has 0 fully saturated rings. The molecule has 0 aliphatic carbocycles. The summed E-state index contributed by atoms with van der Waals surface area (Å²) in [6.45, 7) is 5.27. The highest BCUT2D eigenvalue weighted by Gasteiger charge is 2.13. The minimum Gasteiger partial charge on any atom is -0.366 e. The minimum atomic E-state index is 0.759. The standard InChI is InChI=1S/C34H36N2/c1-3-5-11-25-18-20-30-29(21-25)23-28-19-17-26(12-6-4-2)22-31(28)34(30)32-15-10-16-33(36-32)35-24-27-13-8-7-9-14-27/h7-10,13-23H,3-6,11-12,24H2,1-2H3,(H,35,36). The Morgan fingerprint density at radius 2 is 1.36 bits per heavy atom. The number of aryl methyl sites for hydroxylation is 2. The molecule has 0 saturated carbocycles. The van der Waals surface area contributed by atoms with Gasteiger partial charge in [-0.2, -0.15) is 0 Å². The second kappa shape index (κ2) is 11.4. The molecule has 182 valence electrons. The van der Waals surface area contributed by atoms with Crippen LogP contribution in [0, 0.1) is 0 Å². The lowest BCUT2D eigenvalue weighted by atomic mass is 9.91. The predicted octanol–water partition coefficient (Wildman–Crippen LogP) is 9.35. The first-order chi connectivity index (χ1) is 17.7. The normalized spacial score (nSPS) is 11.3. The van der Waals surface area contributed by atoms with Gasteiger partial charge >= 0.3 is 0 Å². The van der Waals surface area contributed by atoms with Crippen molar-refractivity contribution < 1.29 is 0 Å². The Labute approximate surface area is 215 Å². The monoisotopic (exact) mass is 472 g/mol. The number of hydrogen-bond donors (Lipinski definition) is 1. The zero-order valence-electron chi connectivity index (χ0n) is 21.6. The maximum Gasteiger partial charge on any atom is 0.126 e. The van der Waals surface area contributed by atoms with Gasteiger partial charge in [-0.25, -0.2) is 4.98 Å². The van der Waals surface area contributed by atoms with E-state index in [1.54, 1.807) is 0 Å². The highest BCUT2D eigenvalue weighted by molar-refractivity contribution is 6.12. The van der Waals surface area contributed by atoms with Crippen LogP contribution in [0.4, 0.5) is 5.82 Å². The number of nitrogens with zero attached hydrogens (tertiary/aromatic N) is 1. The summed E-state index contributed by atoms with van der Waals surface area (Å²) >= 11 is 0. The molecule has 5 rings (SSSR count). The first-order valence-electron chi connectivity index (χ1n) is 13.5. The van der Waals surface area contributed by atoms with Crippen LogP contribution in [0.1, 0.15) is 56.2 Å². The van der Waals surface area contributed by atoms with Crippen LogP contribution in [0.3, 0.4) is 0 Å². The zero-order chi connectivity index (χ0) is 24.7. The van der Waals surface area contributed by atoms with E-state index in [2.05, 4.69) is 110 Å². The number of benzene rings is 4. The van der Waals surface area contributed by atoms with Crippen molar-refractivity contribution in [2.75, 3.05) is 5.32 Å². The zero-order valence-corrected chi connectivity index (χ0v) is 21.6. The highest BCUT2D eigenvalue weighted by atomic mass is 15.0. The van der Waals surface area contributed by atoms with Crippen molar-refractivity contribution in [3.63, 3.8) is 0 Å². The Morgan fingerprint density at radius 1 is 0.611 bits per heavy atom. The van der Waals surface area contributed by atoms with Crippen LogP contribution in [0.2, 0.25) is 0 Å². The third-order valence-corrected chi connectivity index (χ3v) is 7.04. The molecule has 0 radical (unpaired) electrons. The van der Waals surface area contributed by atoms with Gasteiger partial charge in [0.1, 0.15) is 5.82 Å². The number of anilines is 1. The average molecular weight is 473 g/mol. The third kappa shape index (κ3) is 5.44. The third-order valence-electron chi connectivity index (χ3n) is 7.04. The van der Waals surface area contributed by atoms with Crippen molar-refractivity contribution in [3.05, 3.63) is 108 Å². The quantitative estimate of drug-likeness (QED) is 0.205. The Bertz CT molecular complexity index is 1450. The van der Waals surface area contributed by atoms with Crippen molar-refractivity contribution >= 4 is 27.4 Å². The Balaban J connectivity index is 1.61. The van der Waals surface area contributed by atoms with E-state index in [0.29, 0.717) is 0 Å². The fraction of sp³-hybridized carbons (Fsp3) is 0.265. The smallest absolute Gasteiger partial charge is 0.126 e. The molecule has 0 aliphatic heterocycles. The lowest BCUT2D eigenvalue weighted by Crippen LogP contribution is -2.02. The van der Waals surface area contributed by atoms with Gasteiger partial charge < -0.3 is 5.32 Å². The molecule has 1 heterocycles. The molecular formula is C34H36N2. The Hall–Kier alpha value is -3.65. The second-order valence-electron chi connectivity index (χ2n) is 9.82. The molecule has 0 bridgehead atoms. The van der Waals surface area contributed by atoms with Gasteiger partial charge in [-0.05, 0) is 82.1 Å². The van der Waals surface area contributed by atoms with Crippen LogP contribution in [-0.2, 0) is 19.4 Å². The lowest BCUT2D eigenvalue weighted by Gasteiger charge is -2.15. The van der Waals surface area contributed by atoms with E-state index < -0.39 is 0 Å². The van der Waals surface area contributed by atoms with Crippen LogP contribution >= 0.6 is 0 Å². The topological polar surface area (TPSA) is 24.9 Å². The van der Waals surface area contributed by atoms with Crippen molar-refractivity contribution in [2.45, 2.75) is 58.9 Å². The highest BCUT2D eigenvalue weighted by Crippen LogP contribution is 2.37. The van der Waals surface area contributed by atoms with Gasteiger partial charge in [-0.15, -0.1) is 0 Å². The molecule has 5 aromatic rings.